The van der Waals surface area contributed by atoms with E-state index in [1.54, 1.807) is 18.2 Å². The smallest absolute Gasteiger partial charge is 0.200 e. The normalized spacial score (nSPS) is 10.8. The Morgan fingerprint density at radius 3 is 2.27 bits per heavy atom. The maximum atomic E-state index is 12.0. The maximum absolute atomic E-state index is 12.0. The zero-order chi connectivity index (χ0) is 16.3. The molecule has 0 aliphatic carbocycles. The fraction of sp³-hybridized carbons (Fsp3) is 0.0625. The summed E-state index contributed by atoms with van der Waals surface area (Å²) in [5, 5.41) is 37.9. The summed E-state index contributed by atoms with van der Waals surface area (Å²) in [6, 6.07) is 6.89. The molecule has 6 nitrogen and oxygen atoms in total. The van der Waals surface area contributed by atoms with Crippen molar-refractivity contribution in [1.29, 1.82) is 0 Å². The molecule has 0 aliphatic heterocycles. The third kappa shape index (κ3) is 2.95. The Hall–Kier alpha value is -3.15. The molecule has 0 fully saturated rings. The Balaban J connectivity index is 2.29. The monoisotopic (exact) mass is 302 g/mol. The van der Waals surface area contributed by atoms with Gasteiger partial charge in [-0.1, -0.05) is 12.1 Å². The number of allylic oxidation sites excluding steroid dienone is 1. The topological polar surface area (TPSA) is 107 Å². The lowest BCUT2D eigenvalue weighted by atomic mass is 10.1. The Morgan fingerprint density at radius 2 is 1.68 bits per heavy atom. The summed E-state index contributed by atoms with van der Waals surface area (Å²) in [4.78, 5) is 12.0. The number of methoxy groups -OCH3 is 1. The van der Waals surface area contributed by atoms with Crippen molar-refractivity contribution in [3.8, 4) is 28.7 Å². The Bertz CT molecular complexity index is 725. The van der Waals surface area contributed by atoms with E-state index in [0.717, 1.165) is 12.1 Å². The number of aromatic hydroxyl groups is 4. The standard InChI is InChI=1S/C16H14O6/c1-22-14-4-2-3-9(15(14)20)5-6-11(17)10-7-12(18)16(21)13(19)8-10/h2-8,18-21H,1H3/b6-5+. The van der Waals surface area contributed by atoms with Gasteiger partial charge in [0, 0.05) is 11.1 Å². The molecule has 4 N–H and O–H groups in total. The van der Waals surface area contributed by atoms with Crippen LogP contribution >= 0.6 is 0 Å². The van der Waals surface area contributed by atoms with Gasteiger partial charge in [-0.3, -0.25) is 4.79 Å². The number of carbonyl (C=O) groups excluding carboxylic acids is 1. The van der Waals surface area contributed by atoms with Gasteiger partial charge in [0.05, 0.1) is 7.11 Å². The molecule has 0 heterocycles. The van der Waals surface area contributed by atoms with Gasteiger partial charge in [0.1, 0.15) is 0 Å². The van der Waals surface area contributed by atoms with Crippen molar-refractivity contribution in [1.82, 2.24) is 0 Å². The van der Waals surface area contributed by atoms with Gasteiger partial charge in [-0.2, -0.15) is 0 Å². The number of phenolic OH excluding ortho intramolecular Hbond substituents is 4. The second-order valence-corrected chi connectivity index (χ2v) is 4.46. The Kier molecular flexibility index (Phi) is 4.22. The lowest BCUT2D eigenvalue weighted by Crippen LogP contribution is -1.94. The molecule has 0 saturated carbocycles. The van der Waals surface area contributed by atoms with Gasteiger partial charge in [0.15, 0.2) is 34.5 Å². The number of ketones is 1. The first-order chi connectivity index (χ1) is 10.4. The molecule has 6 heteroatoms. The van der Waals surface area contributed by atoms with Crippen molar-refractivity contribution in [2.75, 3.05) is 7.11 Å². The minimum Gasteiger partial charge on any atom is -0.504 e. The fourth-order valence-electron chi connectivity index (χ4n) is 1.85. The van der Waals surface area contributed by atoms with Crippen LogP contribution in [0, 0.1) is 0 Å². The predicted octanol–water partition coefficient (Wildman–Crippen LogP) is 2.41. The van der Waals surface area contributed by atoms with E-state index in [-0.39, 0.29) is 17.1 Å². The molecule has 0 amide bonds. The number of phenols is 4. The van der Waals surface area contributed by atoms with E-state index >= 15 is 0 Å². The SMILES string of the molecule is COc1cccc(/C=C/C(=O)c2cc(O)c(O)c(O)c2)c1O. The van der Waals surface area contributed by atoms with Crippen molar-refractivity contribution >= 4 is 11.9 Å². The molecule has 0 saturated heterocycles. The first kappa shape index (κ1) is 15.2. The summed E-state index contributed by atoms with van der Waals surface area (Å²) in [6.07, 6.45) is 2.54. The lowest BCUT2D eigenvalue weighted by Gasteiger charge is -2.05. The van der Waals surface area contributed by atoms with Crippen LogP contribution in [0.5, 0.6) is 28.7 Å². The first-order valence-electron chi connectivity index (χ1n) is 6.27. The number of ether oxygens (including phenoxy) is 1. The average molecular weight is 302 g/mol. The number of carbonyl (C=O) groups is 1. The van der Waals surface area contributed by atoms with Crippen LogP contribution in [0.25, 0.3) is 6.08 Å². The molecule has 0 radical (unpaired) electrons. The van der Waals surface area contributed by atoms with Crippen LogP contribution in [0.2, 0.25) is 0 Å². The third-order valence-electron chi connectivity index (χ3n) is 3.02. The summed E-state index contributed by atoms with van der Waals surface area (Å²) >= 11 is 0. The number of benzene rings is 2. The van der Waals surface area contributed by atoms with Gasteiger partial charge >= 0.3 is 0 Å². The highest BCUT2D eigenvalue weighted by Gasteiger charge is 2.12. The van der Waals surface area contributed by atoms with Gasteiger partial charge in [0.25, 0.3) is 0 Å². The summed E-state index contributed by atoms with van der Waals surface area (Å²) in [6.45, 7) is 0. The highest BCUT2D eigenvalue weighted by atomic mass is 16.5. The van der Waals surface area contributed by atoms with Gasteiger partial charge in [0.2, 0.25) is 0 Å². The molecule has 0 atom stereocenters. The highest BCUT2D eigenvalue weighted by molar-refractivity contribution is 6.07. The van der Waals surface area contributed by atoms with Crippen molar-refractivity contribution in [2.45, 2.75) is 0 Å². The van der Waals surface area contributed by atoms with Crippen molar-refractivity contribution in [3.63, 3.8) is 0 Å². The van der Waals surface area contributed by atoms with Crippen molar-refractivity contribution in [2.24, 2.45) is 0 Å². The Morgan fingerprint density at radius 1 is 1.05 bits per heavy atom. The molecule has 0 unspecified atom stereocenters. The molecule has 2 aromatic rings. The number of hydrogen-bond acceptors (Lipinski definition) is 6. The van der Waals surface area contributed by atoms with Crippen LogP contribution < -0.4 is 4.74 Å². The third-order valence-corrected chi connectivity index (χ3v) is 3.02. The zero-order valence-electron chi connectivity index (χ0n) is 11.6. The van der Waals surface area contributed by atoms with Crippen LogP contribution in [-0.2, 0) is 0 Å². The molecular weight excluding hydrogens is 288 g/mol. The van der Waals surface area contributed by atoms with E-state index in [4.69, 9.17) is 4.74 Å². The molecule has 0 spiro atoms. The summed E-state index contributed by atoms with van der Waals surface area (Å²) in [5.74, 6) is -2.24. The van der Waals surface area contributed by atoms with Crippen molar-refractivity contribution < 1.29 is 30.0 Å². The van der Waals surface area contributed by atoms with Crippen LogP contribution in [0.1, 0.15) is 15.9 Å². The molecule has 114 valence electrons. The van der Waals surface area contributed by atoms with E-state index in [1.165, 1.54) is 19.3 Å². The van der Waals surface area contributed by atoms with E-state index < -0.39 is 23.0 Å². The molecule has 0 aliphatic rings. The molecule has 2 aromatic carbocycles. The number of para-hydroxylation sites is 1. The molecule has 0 aromatic heterocycles. The zero-order valence-corrected chi connectivity index (χ0v) is 11.6. The predicted molar refractivity (Wildman–Crippen MR) is 79.5 cm³/mol. The van der Waals surface area contributed by atoms with E-state index in [2.05, 4.69) is 0 Å². The fourth-order valence-corrected chi connectivity index (χ4v) is 1.85. The van der Waals surface area contributed by atoms with Crippen LogP contribution in [0.15, 0.2) is 36.4 Å². The quantitative estimate of drug-likeness (QED) is 0.392. The van der Waals surface area contributed by atoms with Crippen LogP contribution in [0.4, 0.5) is 0 Å². The van der Waals surface area contributed by atoms with E-state index in [9.17, 15) is 25.2 Å². The van der Waals surface area contributed by atoms with Crippen LogP contribution in [0.3, 0.4) is 0 Å². The average Bonchev–Trinajstić information content (AvgIpc) is 2.50. The summed E-state index contributed by atoms with van der Waals surface area (Å²) in [5.41, 5.74) is 0.367. The lowest BCUT2D eigenvalue weighted by molar-refractivity contribution is 0.104. The Labute approximate surface area is 126 Å². The second-order valence-electron chi connectivity index (χ2n) is 4.46. The highest BCUT2D eigenvalue weighted by Crippen LogP contribution is 2.35. The molecular formula is C16H14O6. The summed E-state index contributed by atoms with van der Waals surface area (Å²) in [7, 11) is 1.41. The minimum absolute atomic E-state index is 0.00793. The van der Waals surface area contributed by atoms with Gasteiger partial charge < -0.3 is 25.2 Å². The molecule has 0 bridgehead atoms. The van der Waals surface area contributed by atoms with Gasteiger partial charge in [-0.25, -0.2) is 0 Å². The number of rotatable bonds is 4. The second kappa shape index (κ2) is 6.09. The largest absolute Gasteiger partial charge is 0.504 e. The molecule has 2 rings (SSSR count). The number of hydrogen-bond donors (Lipinski definition) is 4. The summed E-state index contributed by atoms with van der Waals surface area (Å²) < 4.78 is 4.96. The van der Waals surface area contributed by atoms with E-state index in [1.807, 2.05) is 0 Å². The van der Waals surface area contributed by atoms with Gasteiger partial charge in [-0.15, -0.1) is 0 Å². The maximum Gasteiger partial charge on any atom is 0.200 e. The first-order valence-corrected chi connectivity index (χ1v) is 6.27. The molecule has 22 heavy (non-hydrogen) atoms. The van der Waals surface area contributed by atoms with Crippen molar-refractivity contribution in [3.05, 3.63) is 47.5 Å². The minimum atomic E-state index is -0.689. The van der Waals surface area contributed by atoms with Gasteiger partial charge in [-0.05, 0) is 30.4 Å². The van der Waals surface area contributed by atoms with Crippen LogP contribution in [-0.4, -0.2) is 33.3 Å². The van der Waals surface area contributed by atoms with E-state index in [0.29, 0.717) is 5.56 Å².